The van der Waals surface area contributed by atoms with Gasteiger partial charge in [-0.3, -0.25) is 9.69 Å². The minimum atomic E-state index is 0.0153. The SMILES string of the molecule is CCN(CC)CCN(C(=O)c1cccc(SC)c1)c1nc2c(C)cc(C)cc2s1. The van der Waals surface area contributed by atoms with Gasteiger partial charge in [-0.2, -0.15) is 0 Å². The van der Waals surface area contributed by atoms with E-state index in [0.29, 0.717) is 12.1 Å². The van der Waals surface area contributed by atoms with Crippen molar-refractivity contribution in [1.82, 2.24) is 9.88 Å². The van der Waals surface area contributed by atoms with E-state index in [4.69, 9.17) is 4.98 Å². The molecule has 1 aromatic heterocycles. The molecule has 0 unspecified atom stereocenters. The van der Waals surface area contributed by atoms with Crippen LogP contribution in [-0.2, 0) is 0 Å². The van der Waals surface area contributed by atoms with E-state index >= 15 is 0 Å². The van der Waals surface area contributed by atoms with Crippen LogP contribution in [0.1, 0.15) is 35.3 Å². The van der Waals surface area contributed by atoms with Crippen molar-refractivity contribution < 1.29 is 4.79 Å². The molecule has 0 radical (unpaired) electrons. The van der Waals surface area contributed by atoms with Gasteiger partial charge in [0.25, 0.3) is 5.91 Å². The van der Waals surface area contributed by atoms with Gasteiger partial charge in [0.2, 0.25) is 0 Å². The molecule has 0 N–H and O–H groups in total. The highest BCUT2D eigenvalue weighted by Crippen LogP contribution is 2.32. The largest absolute Gasteiger partial charge is 0.302 e. The molecule has 0 aliphatic heterocycles. The summed E-state index contributed by atoms with van der Waals surface area (Å²) in [6.07, 6.45) is 2.03. The van der Waals surface area contributed by atoms with E-state index in [-0.39, 0.29) is 5.91 Å². The molecule has 0 saturated carbocycles. The quantitative estimate of drug-likeness (QED) is 0.437. The van der Waals surface area contributed by atoms with Gasteiger partial charge in [0.1, 0.15) is 0 Å². The van der Waals surface area contributed by atoms with Crippen LogP contribution in [0, 0.1) is 13.8 Å². The third-order valence-corrected chi connectivity index (χ3v) is 6.90. The summed E-state index contributed by atoms with van der Waals surface area (Å²) in [6.45, 7) is 11.9. The Kier molecular flexibility index (Phi) is 7.33. The van der Waals surface area contributed by atoms with Crippen LogP contribution < -0.4 is 4.90 Å². The number of anilines is 1. The number of rotatable bonds is 8. The summed E-state index contributed by atoms with van der Waals surface area (Å²) in [7, 11) is 0. The molecule has 154 valence electrons. The van der Waals surface area contributed by atoms with Crippen molar-refractivity contribution in [2.45, 2.75) is 32.6 Å². The maximum absolute atomic E-state index is 13.5. The van der Waals surface area contributed by atoms with Crippen molar-refractivity contribution in [3.63, 3.8) is 0 Å². The van der Waals surface area contributed by atoms with Gasteiger partial charge in [-0.1, -0.05) is 37.3 Å². The van der Waals surface area contributed by atoms with E-state index in [9.17, 15) is 4.79 Å². The number of aryl methyl sites for hydroxylation is 2. The molecule has 2 aromatic carbocycles. The number of benzene rings is 2. The van der Waals surface area contributed by atoms with E-state index in [1.807, 2.05) is 35.4 Å². The number of amides is 1. The second-order valence-corrected chi connectivity index (χ2v) is 9.03. The van der Waals surface area contributed by atoms with Gasteiger partial charge < -0.3 is 4.90 Å². The highest BCUT2D eigenvalue weighted by molar-refractivity contribution is 7.98. The number of hydrogen-bond acceptors (Lipinski definition) is 5. The monoisotopic (exact) mass is 427 g/mol. The summed E-state index contributed by atoms with van der Waals surface area (Å²) >= 11 is 3.25. The van der Waals surface area contributed by atoms with Gasteiger partial charge in [0.15, 0.2) is 5.13 Å². The number of aromatic nitrogens is 1. The minimum absolute atomic E-state index is 0.0153. The molecule has 29 heavy (non-hydrogen) atoms. The molecule has 0 bridgehead atoms. The zero-order chi connectivity index (χ0) is 21.0. The second kappa shape index (κ2) is 9.74. The van der Waals surface area contributed by atoms with E-state index in [0.717, 1.165) is 45.4 Å². The van der Waals surface area contributed by atoms with Crippen molar-refractivity contribution in [2.24, 2.45) is 0 Å². The maximum Gasteiger partial charge on any atom is 0.260 e. The number of thiazole rings is 1. The molecule has 0 spiro atoms. The normalized spacial score (nSPS) is 11.4. The zero-order valence-electron chi connectivity index (χ0n) is 17.9. The predicted molar refractivity (Wildman–Crippen MR) is 127 cm³/mol. The number of carbonyl (C=O) groups is 1. The Morgan fingerprint density at radius 2 is 1.86 bits per heavy atom. The van der Waals surface area contributed by atoms with Gasteiger partial charge in [0.05, 0.1) is 10.2 Å². The van der Waals surface area contributed by atoms with Crippen molar-refractivity contribution >= 4 is 44.4 Å². The zero-order valence-corrected chi connectivity index (χ0v) is 19.5. The average Bonchev–Trinajstić information content (AvgIpc) is 3.15. The number of carbonyl (C=O) groups excluding carboxylic acids is 1. The third kappa shape index (κ3) is 5.00. The maximum atomic E-state index is 13.5. The summed E-state index contributed by atoms with van der Waals surface area (Å²) in [6, 6.07) is 12.2. The lowest BCUT2D eigenvalue weighted by Crippen LogP contribution is -2.38. The van der Waals surface area contributed by atoms with E-state index in [1.54, 1.807) is 23.1 Å². The first kappa shape index (κ1) is 21.8. The first-order valence-corrected chi connectivity index (χ1v) is 12.1. The molecule has 6 heteroatoms. The van der Waals surface area contributed by atoms with Crippen LogP contribution in [0.2, 0.25) is 0 Å². The molecule has 1 amide bonds. The molecule has 1 heterocycles. The fraction of sp³-hybridized carbons (Fsp3) is 0.391. The van der Waals surface area contributed by atoms with E-state index < -0.39 is 0 Å². The molecular formula is C23H29N3OS2. The minimum Gasteiger partial charge on any atom is -0.302 e. The van der Waals surface area contributed by atoms with Crippen LogP contribution in [0.15, 0.2) is 41.3 Å². The Morgan fingerprint density at radius 1 is 1.10 bits per heavy atom. The summed E-state index contributed by atoms with van der Waals surface area (Å²) in [5.41, 5.74) is 4.08. The first-order chi connectivity index (χ1) is 14.0. The van der Waals surface area contributed by atoms with Crippen LogP contribution in [0.3, 0.4) is 0 Å². The first-order valence-electron chi connectivity index (χ1n) is 10.0. The Labute approximate surface area is 181 Å². The van der Waals surface area contributed by atoms with Crippen LogP contribution >= 0.6 is 23.1 Å². The third-order valence-electron chi connectivity index (χ3n) is 5.15. The fourth-order valence-corrected chi connectivity index (χ4v) is 5.08. The number of hydrogen-bond donors (Lipinski definition) is 0. The standard InChI is InChI=1S/C23H29N3OS2/c1-6-25(7-2)11-12-26(22(27)18-9-8-10-19(15-18)28-5)23-24-21-17(4)13-16(3)14-20(21)29-23/h8-10,13-15H,6-7,11-12H2,1-5H3. The lowest BCUT2D eigenvalue weighted by molar-refractivity contribution is 0.0983. The van der Waals surface area contributed by atoms with Gasteiger partial charge >= 0.3 is 0 Å². The molecular weight excluding hydrogens is 398 g/mol. The Balaban J connectivity index is 2.00. The van der Waals surface area contributed by atoms with Crippen LogP contribution in [0.5, 0.6) is 0 Å². The predicted octanol–water partition coefficient (Wildman–Crippen LogP) is 5.62. The lowest BCUT2D eigenvalue weighted by atomic mass is 10.1. The highest BCUT2D eigenvalue weighted by atomic mass is 32.2. The fourth-order valence-electron chi connectivity index (χ4n) is 3.45. The molecule has 0 fully saturated rings. The second-order valence-electron chi connectivity index (χ2n) is 7.14. The molecule has 0 atom stereocenters. The van der Waals surface area contributed by atoms with Gasteiger partial charge in [0, 0.05) is 23.5 Å². The number of nitrogens with zero attached hydrogens (tertiary/aromatic N) is 3. The summed E-state index contributed by atoms with van der Waals surface area (Å²) in [4.78, 5) is 23.7. The lowest BCUT2D eigenvalue weighted by Gasteiger charge is -2.25. The summed E-state index contributed by atoms with van der Waals surface area (Å²) < 4.78 is 1.14. The number of thioether (sulfide) groups is 1. The van der Waals surface area contributed by atoms with E-state index in [1.165, 1.54) is 5.56 Å². The smallest absolute Gasteiger partial charge is 0.260 e. The van der Waals surface area contributed by atoms with Crippen molar-refractivity contribution in [3.05, 3.63) is 53.1 Å². The van der Waals surface area contributed by atoms with Crippen molar-refractivity contribution in [2.75, 3.05) is 37.3 Å². The van der Waals surface area contributed by atoms with Crippen LogP contribution in [0.4, 0.5) is 5.13 Å². The average molecular weight is 428 g/mol. The highest BCUT2D eigenvalue weighted by Gasteiger charge is 2.22. The topological polar surface area (TPSA) is 36.4 Å². The Bertz CT molecular complexity index is 995. The summed E-state index contributed by atoms with van der Waals surface area (Å²) in [5.74, 6) is 0.0153. The van der Waals surface area contributed by atoms with E-state index in [2.05, 4.69) is 44.7 Å². The number of likely N-dealkylation sites (N-methyl/N-ethyl adjacent to an activating group) is 1. The van der Waals surface area contributed by atoms with Crippen molar-refractivity contribution in [1.29, 1.82) is 0 Å². The van der Waals surface area contributed by atoms with Crippen LogP contribution in [0.25, 0.3) is 10.2 Å². The van der Waals surface area contributed by atoms with Gasteiger partial charge in [-0.15, -0.1) is 11.8 Å². The molecule has 0 aliphatic carbocycles. The molecule has 0 aliphatic rings. The van der Waals surface area contributed by atoms with Crippen LogP contribution in [-0.4, -0.2) is 48.2 Å². The number of fused-ring (bicyclic) bond motifs is 1. The molecule has 3 rings (SSSR count). The van der Waals surface area contributed by atoms with Gasteiger partial charge in [-0.25, -0.2) is 4.98 Å². The van der Waals surface area contributed by atoms with Gasteiger partial charge in [-0.05, 0) is 68.6 Å². The molecule has 4 nitrogen and oxygen atoms in total. The Hall–Kier alpha value is -1.89. The summed E-state index contributed by atoms with van der Waals surface area (Å²) in [5, 5.41) is 0.778. The molecule has 3 aromatic rings. The Morgan fingerprint density at radius 3 is 2.55 bits per heavy atom. The van der Waals surface area contributed by atoms with Crippen molar-refractivity contribution in [3.8, 4) is 0 Å². The molecule has 0 saturated heterocycles.